The van der Waals surface area contributed by atoms with Gasteiger partial charge in [-0.25, -0.2) is 4.98 Å². The Balaban J connectivity index is 2.05. The second-order valence-corrected chi connectivity index (χ2v) is 5.18. The number of carbonyl (C=O) groups is 1. The maximum absolute atomic E-state index is 11.6. The molecule has 1 aromatic rings. The van der Waals surface area contributed by atoms with Crippen LogP contribution in [0.1, 0.15) is 25.7 Å². The Morgan fingerprint density at radius 1 is 1.60 bits per heavy atom. The number of anilines is 1. The number of amides is 1. The molecule has 0 unspecified atom stereocenters. The number of rotatable bonds is 2. The van der Waals surface area contributed by atoms with Crippen molar-refractivity contribution in [3.05, 3.63) is 11.6 Å². The van der Waals surface area contributed by atoms with Gasteiger partial charge in [0.2, 0.25) is 5.91 Å². The van der Waals surface area contributed by atoms with Crippen LogP contribution in [0.5, 0.6) is 0 Å². The zero-order valence-electron chi connectivity index (χ0n) is 8.35. The van der Waals surface area contributed by atoms with Gasteiger partial charge in [0.05, 0.1) is 0 Å². The van der Waals surface area contributed by atoms with Crippen LogP contribution in [0.3, 0.4) is 0 Å². The lowest BCUT2D eigenvalue weighted by Crippen LogP contribution is -2.51. The summed E-state index contributed by atoms with van der Waals surface area (Å²) in [6.45, 7) is 0. The second kappa shape index (κ2) is 2.95. The second-order valence-electron chi connectivity index (χ2n) is 4.31. The molecule has 1 amide bonds. The zero-order valence-corrected chi connectivity index (χ0v) is 9.17. The molecule has 2 aliphatic heterocycles. The van der Waals surface area contributed by atoms with E-state index in [-0.39, 0.29) is 5.91 Å². The number of carbonyl (C=O) groups excluding carboxylic acids is 1. The first-order valence-corrected chi connectivity index (χ1v) is 6.11. The molecule has 0 atom stereocenters. The standard InChI is InChI=1S/C10H13N3OS/c11-8(14)10-3-1-7(2-4-10)13(10)9-12-5-6-15-9/h5-7H,1-4H2,(H2,11,14). The van der Waals surface area contributed by atoms with E-state index in [4.69, 9.17) is 5.73 Å². The summed E-state index contributed by atoms with van der Waals surface area (Å²) >= 11 is 1.59. The van der Waals surface area contributed by atoms with Crippen molar-refractivity contribution in [2.24, 2.45) is 5.73 Å². The van der Waals surface area contributed by atoms with E-state index in [1.807, 2.05) is 5.38 Å². The van der Waals surface area contributed by atoms with Crippen molar-refractivity contribution in [1.29, 1.82) is 0 Å². The summed E-state index contributed by atoms with van der Waals surface area (Å²) in [4.78, 5) is 18.1. The maximum atomic E-state index is 11.6. The Bertz CT molecular complexity index is 381. The van der Waals surface area contributed by atoms with Gasteiger partial charge in [0, 0.05) is 17.6 Å². The molecular weight excluding hydrogens is 210 g/mol. The summed E-state index contributed by atoms with van der Waals surface area (Å²) in [6.07, 6.45) is 5.72. The molecule has 0 aliphatic carbocycles. The first-order valence-electron chi connectivity index (χ1n) is 5.23. The Kier molecular flexibility index (Phi) is 1.80. The summed E-state index contributed by atoms with van der Waals surface area (Å²) in [5, 5.41) is 2.90. The van der Waals surface area contributed by atoms with E-state index < -0.39 is 5.54 Å². The average molecular weight is 223 g/mol. The van der Waals surface area contributed by atoms with Crippen LogP contribution in [-0.2, 0) is 4.79 Å². The van der Waals surface area contributed by atoms with E-state index in [0.717, 1.165) is 30.8 Å². The molecule has 15 heavy (non-hydrogen) atoms. The molecule has 2 bridgehead atoms. The molecule has 1 aromatic heterocycles. The molecular formula is C10H13N3OS. The normalized spacial score (nSPS) is 33.6. The molecule has 3 rings (SSSR count). The van der Waals surface area contributed by atoms with E-state index in [1.54, 1.807) is 17.5 Å². The van der Waals surface area contributed by atoms with E-state index in [1.165, 1.54) is 0 Å². The minimum absolute atomic E-state index is 0.183. The van der Waals surface area contributed by atoms with Crippen LogP contribution >= 0.6 is 11.3 Å². The molecule has 0 aromatic carbocycles. The summed E-state index contributed by atoms with van der Waals surface area (Å²) < 4.78 is 0. The highest BCUT2D eigenvalue weighted by Gasteiger charge is 2.56. The van der Waals surface area contributed by atoms with Gasteiger partial charge in [-0.05, 0) is 25.7 Å². The first kappa shape index (κ1) is 9.15. The molecule has 2 saturated heterocycles. The number of primary amides is 1. The Hall–Kier alpha value is -1.10. The highest BCUT2D eigenvalue weighted by Crippen LogP contribution is 2.49. The van der Waals surface area contributed by atoms with Crippen molar-refractivity contribution in [1.82, 2.24) is 4.98 Å². The van der Waals surface area contributed by atoms with Crippen molar-refractivity contribution in [3.63, 3.8) is 0 Å². The molecule has 3 heterocycles. The van der Waals surface area contributed by atoms with Crippen molar-refractivity contribution >= 4 is 22.4 Å². The highest BCUT2D eigenvalue weighted by atomic mass is 32.1. The fourth-order valence-electron chi connectivity index (χ4n) is 2.97. The molecule has 0 radical (unpaired) electrons. The lowest BCUT2D eigenvalue weighted by atomic mass is 9.87. The monoisotopic (exact) mass is 223 g/mol. The van der Waals surface area contributed by atoms with E-state index in [9.17, 15) is 4.79 Å². The van der Waals surface area contributed by atoms with Gasteiger partial charge in [-0.3, -0.25) is 4.79 Å². The Labute approximate surface area is 92.1 Å². The van der Waals surface area contributed by atoms with Crippen LogP contribution < -0.4 is 10.6 Å². The minimum Gasteiger partial charge on any atom is -0.368 e. The number of hydrogen-bond donors (Lipinski definition) is 1. The lowest BCUT2D eigenvalue weighted by Gasteiger charge is -2.31. The zero-order chi connectivity index (χ0) is 10.5. The fraction of sp³-hybridized carbons (Fsp3) is 0.600. The van der Waals surface area contributed by atoms with Gasteiger partial charge in [0.25, 0.3) is 0 Å². The number of nitrogens with zero attached hydrogens (tertiary/aromatic N) is 2. The molecule has 5 heteroatoms. The summed E-state index contributed by atoms with van der Waals surface area (Å²) in [6, 6.07) is 0.476. The van der Waals surface area contributed by atoms with Gasteiger partial charge in [0.1, 0.15) is 5.54 Å². The van der Waals surface area contributed by atoms with Crippen molar-refractivity contribution < 1.29 is 4.79 Å². The number of thiazole rings is 1. The topological polar surface area (TPSA) is 59.2 Å². The van der Waals surface area contributed by atoms with Gasteiger partial charge in [-0.1, -0.05) is 0 Å². The molecule has 0 spiro atoms. The van der Waals surface area contributed by atoms with Gasteiger partial charge >= 0.3 is 0 Å². The van der Waals surface area contributed by atoms with Crippen molar-refractivity contribution in [2.75, 3.05) is 4.90 Å². The third-order valence-corrected chi connectivity index (χ3v) is 4.46. The van der Waals surface area contributed by atoms with Crippen LogP contribution in [0.15, 0.2) is 11.6 Å². The Morgan fingerprint density at radius 3 is 2.87 bits per heavy atom. The Morgan fingerprint density at radius 2 is 2.33 bits per heavy atom. The van der Waals surface area contributed by atoms with Gasteiger partial charge in [-0.15, -0.1) is 11.3 Å². The van der Waals surface area contributed by atoms with Crippen LogP contribution in [0.2, 0.25) is 0 Å². The van der Waals surface area contributed by atoms with Crippen LogP contribution in [-0.4, -0.2) is 22.5 Å². The minimum atomic E-state index is -0.428. The van der Waals surface area contributed by atoms with E-state index in [2.05, 4.69) is 9.88 Å². The summed E-state index contributed by atoms with van der Waals surface area (Å²) in [5.74, 6) is -0.183. The third-order valence-electron chi connectivity index (χ3n) is 3.69. The van der Waals surface area contributed by atoms with Crippen LogP contribution in [0.25, 0.3) is 0 Å². The quantitative estimate of drug-likeness (QED) is 0.817. The molecule has 4 nitrogen and oxygen atoms in total. The summed E-state index contributed by atoms with van der Waals surface area (Å²) in [5.41, 5.74) is 5.13. The number of fused-ring (bicyclic) bond motifs is 2. The van der Waals surface area contributed by atoms with Crippen molar-refractivity contribution in [3.8, 4) is 0 Å². The van der Waals surface area contributed by atoms with E-state index >= 15 is 0 Å². The molecule has 2 fully saturated rings. The average Bonchev–Trinajstić information content (AvgIpc) is 2.91. The highest BCUT2D eigenvalue weighted by molar-refractivity contribution is 7.13. The van der Waals surface area contributed by atoms with Crippen LogP contribution in [0, 0.1) is 0 Å². The largest absolute Gasteiger partial charge is 0.368 e. The fourth-order valence-corrected chi connectivity index (χ4v) is 3.77. The van der Waals surface area contributed by atoms with Gasteiger partial charge in [-0.2, -0.15) is 0 Å². The molecule has 0 saturated carbocycles. The van der Waals surface area contributed by atoms with E-state index in [0.29, 0.717) is 6.04 Å². The predicted octanol–water partition coefficient (Wildman–Crippen LogP) is 1.13. The predicted molar refractivity (Wildman–Crippen MR) is 58.8 cm³/mol. The summed E-state index contributed by atoms with van der Waals surface area (Å²) in [7, 11) is 0. The molecule has 80 valence electrons. The SMILES string of the molecule is NC(=O)C12CCC(CC1)N2c1nccs1. The smallest absolute Gasteiger partial charge is 0.243 e. The number of aromatic nitrogens is 1. The van der Waals surface area contributed by atoms with Gasteiger partial charge in [0.15, 0.2) is 5.13 Å². The van der Waals surface area contributed by atoms with Gasteiger partial charge < -0.3 is 10.6 Å². The molecule has 2 N–H and O–H groups in total. The number of hydrogen-bond acceptors (Lipinski definition) is 4. The van der Waals surface area contributed by atoms with Crippen molar-refractivity contribution in [2.45, 2.75) is 37.3 Å². The maximum Gasteiger partial charge on any atom is 0.243 e. The first-order chi connectivity index (χ1) is 7.24. The third kappa shape index (κ3) is 1.07. The molecule has 2 aliphatic rings. The number of nitrogens with two attached hydrogens (primary N) is 1. The lowest BCUT2D eigenvalue weighted by molar-refractivity contribution is -0.122. The van der Waals surface area contributed by atoms with Crippen LogP contribution in [0.4, 0.5) is 5.13 Å².